The molecule has 2 heterocycles. The number of hydrogen-bond acceptors (Lipinski definition) is 5. The summed E-state index contributed by atoms with van der Waals surface area (Å²) in [5.74, 6) is 0. The zero-order chi connectivity index (χ0) is 64.1. The second-order valence-corrected chi connectivity index (χ2v) is 21.3. The minimum Gasteiger partial charge on any atom is -0.309 e. The molecular weight excluding hydrogens is 1150 g/mol. The number of aromatic nitrogens is 2. The third-order valence-corrected chi connectivity index (χ3v) is 16.4. The first-order chi connectivity index (χ1) is 44.7. The number of benzene rings is 11. The molecule has 15 heteroatoms. The van der Waals surface area contributed by atoms with E-state index >= 15 is 0 Å². The minimum absolute atomic E-state index is 0.168. The van der Waals surface area contributed by atoms with Gasteiger partial charge in [0.15, 0.2) is 28.4 Å². The number of nitriles is 5. The molecule has 12 nitrogen and oxygen atoms in total. The van der Waals surface area contributed by atoms with Crippen molar-refractivity contribution < 1.29 is 13.2 Å². The predicted octanol–water partition coefficient (Wildman–Crippen LogP) is 21.0. The van der Waals surface area contributed by atoms with Crippen molar-refractivity contribution in [3.05, 3.63) is 291 Å². The molecule has 0 atom stereocenters. The third-order valence-electron chi connectivity index (χ3n) is 16.4. The first-order valence-corrected chi connectivity index (χ1v) is 27.9. The Labute approximate surface area is 523 Å². The third kappa shape index (κ3) is 9.52. The fraction of sp³-hybridized carbons (Fsp3) is 0.0130. The van der Waals surface area contributed by atoms with Crippen molar-refractivity contribution in [1.82, 2.24) is 9.13 Å². The lowest BCUT2D eigenvalue weighted by Gasteiger charge is -2.20. The molecule has 0 N–H and O–H groups in total. The summed E-state index contributed by atoms with van der Waals surface area (Å²) in [7, 11) is 0. The molecule has 0 fully saturated rings. The normalized spacial score (nSPS) is 10.9. The van der Waals surface area contributed by atoms with Crippen LogP contribution in [0.2, 0.25) is 0 Å². The van der Waals surface area contributed by atoms with Crippen LogP contribution in [0, 0.1) is 89.5 Å². The molecule has 0 saturated heterocycles. The Bertz CT molecular complexity index is 5640. The number of nitrogens with zero attached hydrogens (tertiary/aromatic N) is 12. The SMILES string of the molecule is [C-]#[N+]c1ccc(-c2ccc3c(c2)c2cc(-c4ccc([N+]#[C-])cc4[N+]#[C-])ccc2n3-c2ccc(-c3ccc(C(F)(F)F)cc3[N+]#[C-])c(-c3cc(C#N)ccc3-n3c4ccc(-c5ccc(C#N)cc5C#N)cc4c4cc(-c5ccc([N+]#[C-])cc5C#N)ccc43)c2)c(C#N)c1. The van der Waals surface area contributed by atoms with E-state index in [2.05, 4.69) is 54.6 Å². The average molecular weight is 1180 g/mol. The molecule has 0 bridgehead atoms. The van der Waals surface area contributed by atoms with Gasteiger partial charge in [-0.05, 0) is 170 Å². The Hall–Kier alpha value is -14.3. The Morgan fingerprint density at radius 2 is 0.728 bits per heavy atom. The topological polar surface area (TPSA) is 151 Å². The van der Waals surface area contributed by atoms with Gasteiger partial charge in [-0.2, -0.15) is 39.5 Å². The number of rotatable bonds is 8. The van der Waals surface area contributed by atoms with E-state index < -0.39 is 11.7 Å². The lowest BCUT2D eigenvalue weighted by Crippen LogP contribution is -2.04. The first kappa shape index (κ1) is 56.8. The fourth-order valence-electron chi connectivity index (χ4n) is 12.2. The van der Waals surface area contributed by atoms with Crippen molar-refractivity contribution in [2.24, 2.45) is 0 Å². The van der Waals surface area contributed by atoms with Crippen molar-refractivity contribution in [3.63, 3.8) is 0 Å². The van der Waals surface area contributed by atoms with Crippen molar-refractivity contribution in [3.8, 4) is 108 Å². The Kier molecular flexibility index (Phi) is 13.9. The summed E-state index contributed by atoms with van der Waals surface area (Å²) in [5.41, 5.74) is 11.1. The van der Waals surface area contributed by atoms with Gasteiger partial charge in [-0.1, -0.05) is 91.0 Å². The van der Waals surface area contributed by atoms with Crippen LogP contribution in [0.3, 0.4) is 0 Å². The average Bonchev–Trinajstić information content (AvgIpc) is 1.56. The van der Waals surface area contributed by atoms with Crippen LogP contribution in [0.25, 0.3) is 146 Å². The molecule has 422 valence electrons. The monoisotopic (exact) mass is 1180 g/mol. The predicted molar refractivity (Wildman–Crippen MR) is 348 cm³/mol. The molecular formula is C77H33F3N12. The summed E-state index contributed by atoms with van der Waals surface area (Å²) < 4.78 is 47.6. The van der Waals surface area contributed by atoms with E-state index in [1.165, 1.54) is 30.3 Å². The highest BCUT2D eigenvalue weighted by Crippen LogP contribution is 2.48. The molecule has 92 heavy (non-hydrogen) atoms. The standard InChI is InChI=1S/C77H33F3N12/c1-86-54-13-19-59(51(30-54)42-84)47-8-24-72-66(32-47)67-35-49(61-21-15-56(88-3)37-71(61)90-5)11-25-73(67)91(72)57-16-22-62(63-18-12-53(77(78,79)80)36-70(63)89-4)64(38-57)65-29-45(40-82)7-23-74(65)92-75-26-9-46(58-17-6-44(39-81)28-50(58)41-83)33-68(75)69-34-48(10-27-76(69)92)60-20-14-55(87-2)31-52(60)43-85/h6-38H. The molecule has 0 aliphatic rings. The Balaban J connectivity index is 1.12. The second kappa shape index (κ2) is 22.5. The van der Waals surface area contributed by atoms with Crippen LogP contribution >= 0.6 is 0 Å². The molecule has 0 amide bonds. The van der Waals surface area contributed by atoms with Gasteiger partial charge in [0.05, 0.1) is 108 Å². The van der Waals surface area contributed by atoms with Gasteiger partial charge in [0.1, 0.15) is 0 Å². The largest absolute Gasteiger partial charge is 0.415 e. The molecule has 0 aliphatic carbocycles. The lowest BCUT2D eigenvalue weighted by atomic mass is 9.90. The van der Waals surface area contributed by atoms with Gasteiger partial charge >= 0.3 is 6.18 Å². The summed E-state index contributed by atoms with van der Waals surface area (Å²) in [6.07, 6.45) is -4.78. The summed E-state index contributed by atoms with van der Waals surface area (Å²) >= 11 is 0. The Morgan fingerprint density at radius 1 is 0.315 bits per heavy atom. The van der Waals surface area contributed by atoms with Gasteiger partial charge in [0, 0.05) is 49.5 Å². The van der Waals surface area contributed by atoms with Gasteiger partial charge in [-0.15, -0.1) is 0 Å². The first-order valence-electron chi connectivity index (χ1n) is 27.9. The lowest BCUT2D eigenvalue weighted by molar-refractivity contribution is -0.137. The zero-order valence-electron chi connectivity index (χ0n) is 47.6. The number of hydrogen-bond donors (Lipinski definition) is 0. The number of alkyl halides is 3. The molecule has 13 aromatic rings. The molecule has 0 radical (unpaired) electrons. The maximum Gasteiger partial charge on any atom is 0.415 e. The summed E-state index contributed by atoms with van der Waals surface area (Å²) in [5, 5.41) is 54.5. The maximum absolute atomic E-state index is 14.5. The van der Waals surface area contributed by atoms with Crippen LogP contribution in [0.4, 0.5) is 41.6 Å². The van der Waals surface area contributed by atoms with E-state index in [1.807, 2.05) is 88.0 Å². The fourth-order valence-corrected chi connectivity index (χ4v) is 12.2. The highest BCUT2D eigenvalue weighted by atomic mass is 19.4. The minimum atomic E-state index is -4.78. The Morgan fingerprint density at radius 3 is 1.21 bits per heavy atom. The highest BCUT2D eigenvalue weighted by Gasteiger charge is 2.32. The van der Waals surface area contributed by atoms with E-state index in [0.29, 0.717) is 133 Å². The van der Waals surface area contributed by atoms with Crippen molar-refractivity contribution in [2.75, 3.05) is 0 Å². The van der Waals surface area contributed by atoms with E-state index in [9.17, 15) is 39.5 Å². The zero-order valence-corrected chi connectivity index (χ0v) is 47.6. The van der Waals surface area contributed by atoms with Crippen molar-refractivity contribution in [1.29, 1.82) is 26.3 Å². The van der Waals surface area contributed by atoms with Crippen molar-refractivity contribution in [2.45, 2.75) is 6.18 Å². The van der Waals surface area contributed by atoms with Gasteiger partial charge in [-0.25, -0.2) is 24.2 Å². The van der Waals surface area contributed by atoms with Crippen LogP contribution in [0.15, 0.2) is 200 Å². The maximum atomic E-state index is 14.5. The summed E-state index contributed by atoms with van der Waals surface area (Å²) in [6, 6.07) is 67.0. The second-order valence-electron chi connectivity index (χ2n) is 21.3. The van der Waals surface area contributed by atoms with Gasteiger partial charge < -0.3 is 9.13 Å². The van der Waals surface area contributed by atoms with Crippen LogP contribution < -0.4 is 0 Å². The van der Waals surface area contributed by atoms with E-state index in [0.717, 1.165) is 12.1 Å². The van der Waals surface area contributed by atoms with Gasteiger partial charge in [0.2, 0.25) is 0 Å². The highest BCUT2D eigenvalue weighted by molar-refractivity contribution is 6.14. The van der Waals surface area contributed by atoms with Crippen LogP contribution in [-0.4, -0.2) is 9.13 Å². The quantitative estimate of drug-likeness (QED) is 0.139. The van der Waals surface area contributed by atoms with E-state index in [4.69, 9.17) is 32.9 Å². The van der Waals surface area contributed by atoms with Crippen LogP contribution in [0.1, 0.15) is 33.4 Å². The van der Waals surface area contributed by atoms with Crippen molar-refractivity contribution >= 4 is 72.0 Å². The van der Waals surface area contributed by atoms with E-state index in [1.54, 1.807) is 78.9 Å². The molecule has 0 aliphatic heterocycles. The molecule has 11 aromatic carbocycles. The summed E-state index contributed by atoms with van der Waals surface area (Å²) in [4.78, 5) is 18.1. The number of fused-ring (bicyclic) bond motifs is 6. The summed E-state index contributed by atoms with van der Waals surface area (Å²) in [6.45, 7) is 39.3. The molecule has 2 aromatic heterocycles. The van der Waals surface area contributed by atoms with Crippen LogP contribution in [0.5, 0.6) is 0 Å². The van der Waals surface area contributed by atoms with Gasteiger partial charge in [0.25, 0.3) is 0 Å². The number of halogens is 3. The molecule has 0 spiro atoms. The molecule has 0 unspecified atom stereocenters. The van der Waals surface area contributed by atoms with Gasteiger partial charge in [-0.3, -0.25) is 0 Å². The van der Waals surface area contributed by atoms with E-state index in [-0.39, 0.29) is 44.9 Å². The molecule has 13 rings (SSSR count). The molecule has 0 saturated carbocycles. The smallest absolute Gasteiger partial charge is 0.309 e. The van der Waals surface area contributed by atoms with Crippen LogP contribution in [-0.2, 0) is 6.18 Å².